The molecule has 2 saturated heterocycles. The molecule has 54 heavy (non-hydrogen) atoms. The second kappa shape index (κ2) is 17.3. The van der Waals surface area contributed by atoms with Gasteiger partial charge in [0.15, 0.2) is 11.5 Å². The number of likely N-dealkylation sites (tertiary alicyclic amines) is 2. The van der Waals surface area contributed by atoms with Crippen molar-refractivity contribution in [2.45, 2.75) is 57.6 Å². The zero-order chi connectivity index (χ0) is 38.4. The number of benzene rings is 3. The zero-order valence-corrected chi connectivity index (χ0v) is 31.9. The molecule has 2 fully saturated rings. The van der Waals surface area contributed by atoms with E-state index in [4.69, 9.17) is 14.2 Å². The maximum Gasteiger partial charge on any atom is 0.254 e. The molecule has 3 N–H and O–H groups in total. The largest absolute Gasteiger partial charge is 0.497 e. The Morgan fingerprint density at radius 3 is 2.39 bits per heavy atom. The summed E-state index contributed by atoms with van der Waals surface area (Å²) in [4.78, 5) is 59.1. The number of nitrogens with one attached hydrogen (secondary N) is 3. The summed E-state index contributed by atoms with van der Waals surface area (Å²) in [6.45, 7) is 5.86. The lowest BCUT2D eigenvalue weighted by Gasteiger charge is -2.40. The topological polar surface area (TPSA) is 139 Å². The molecule has 12 nitrogen and oxygen atoms in total. The molecular formula is C42H53N5O7. The first kappa shape index (κ1) is 38.5. The van der Waals surface area contributed by atoms with E-state index in [2.05, 4.69) is 28.1 Å². The lowest BCUT2D eigenvalue weighted by atomic mass is 9.79. The molecule has 0 spiro atoms. The summed E-state index contributed by atoms with van der Waals surface area (Å²) in [7, 11) is 4.73. The van der Waals surface area contributed by atoms with Crippen LogP contribution in [0.5, 0.6) is 17.2 Å². The molecule has 0 aromatic heterocycles. The number of carbonyl (C=O) groups excluding carboxylic acids is 4. The number of likely N-dealkylation sites (N-methyl/N-ethyl adjacent to an activating group) is 1. The molecule has 6 rings (SSSR count). The van der Waals surface area contributed by atoms with Crippen LogP contribution in [0.1, 0.15) is 60.5 Å². The average Bonchev–Trinajstić information content (AvgIpc) is 3.80. The van der Waals surface area contributed by atoms with Crippen LogP contribution in [0.2, 0.25) is 0 Å². The number of fused-ring (bicyclic) bond motifs is 2. The minimum absolute atomic E-state index is 0.0466. The van der Waals surface area contributed by atoms with Gasteiger partial charge < -0.3 is 40.0 Å². The lowest BCUT2D eigenvalue weighted by molar-refractivity contribution is -0.140. The minimum atomic E-state index is -0.732. The third kappa shape index (κ3) is 8.75. The Morgan fingerprint density at radius 2 is 1.67 bits per heavy atom. The minimum Gasteiger partial charge on any atom is -0.497 e. The van der Waals surface area contributed by atoms with Gasteiger partial charge in [-0.05, 0) is 92.5 Å². The van der Waals surface area contributed by atoms with E-state index in [0.29, 0.717) is 56.1 Å². The van der Waals surface area contributed by atoms with E-state index in [0.717, 1.165) is 29.0 Å². The van der Waals surface area contributed by atoms with Crippen molar-refractivity contribution in [2.75, 3.05) is 59.3 Å². The van der Waals surface area contributed by atoms with Crippen LogP contribution in [0.3, 0.4) is 0 Å². The monoisotopic (exact) mass is 739 g/mol. The Kier molecular flexibility index (Phi) is 12.3. The standard InChI is InChI=1S/C42H53N5O7/c1-26(2)54-37-17-14-28(18-38(37)53-5)42(51)47-23-30-22-46(39(48)19-29-21-44-35-16-15-31(52-4)20-32(29)35)25-34(33(30)24-47)40(49)45-36(41(50)43-3)13-9-12-27-10-7-6-8-11-27/h6-8,10-11,14-18,20,26,29-30,33-34,36,44H,9,12-13,19,21-25H2,1-5H3,(H,43,50)(H,45,49)/t29?,30?,33?,34?,36-/m0/s1. The highest BCUT2D eigenvalue weighted by molar-refractivity contribution is 5.95. The van der Waals surface area contributed by atoms with Crippen molar-refractivity contribution in [3.05, 3.63) is 83.4 Å². The highest BCUT2D eigenvalue weighted by atomic mass is 16.5. The summed E-state index contributed by atoms with van der Waals surface area (Å²) in [5.74, 6) is 0.00284. The molecule has 0 saturated carbocycles. The van der Waals surface area contributed by atoms with Crippen molar-refractivity contribution in [1.29, 1.82) is 0 Å². The molecule has 0 bridgehead atoms. The SMILES string of the molecule is CNC(=O)[C@H](CCCc1ccccc1)NC(=O)C1CN(C(=O)CC2CNc3ccc(OC)cc32)CC2CN(C(=O)c3ccc(OC(C)C)c(OC)c3)CC21. The summed E-state index contributed by atoms with van der Waals surface area (Å²) in [6.07, 6.45) is 2.15. The molecule has 3 aliphatic rings. The van der Waals surface area contributed by atoms with Crippen molar-refractivity contribution in [2.24, 2.45) is 17.8 Å². The van der Waals surface area contributed by atoms with Crippen LogP contribution in [0, 0.1) is 17.8 Å². The predicted octanol–water partition coefficient (Wildman–Crippen LogP) is 4.49. The second-order valence-electron chi connectivity index (χ2n) is 14.9. The number of ether oxygens (including phenoxy) is 3. The Balaban J connectivity index is 1.21. The number of piperidine rings is 1. The third-order valence-corrected chi connectivity index (χ3v) is 11.0. The van der Waals surface area contributed by atoms with E-state index >= 15 is 0 Å². The molecule has 288 valence electrons. The van der Waals surface area contributed by atoms with Crippen molar-refractivity contribution in [3.63, 3.8) is 0 Å². The summed E-state index contributed by atoms with van der Waals surface area (Å²) < 4.78 is 16.9. The maximum atomic E-state index is 14.3. The smallest absolute Gasteiger partial charge is 0.254 e. The lowest BCUT2D eigenvalue weighted by Crippen LogP contribution is -2.56. The van der Waals surface area contributed by atoms with Gasteiger partial charge in [0.1, 0.15) is 11.8 Å². The van der Waals surface area contributed by atoms with Gasteiger partial charge in [0, 0.05) is 63.4 Å². The molecule has 3 aliphatic heterocycles. The second-order valence-corrected chi connectivity index (χ2v) is 14.9. The highest BCUT2D eigenvalue weighted by Gasteiger charge is 2.48. The highest BCUT2D eigenvalue weighted by Crippen LogP contribution is 2.40. The number of methoxy groups -OCH3 is 2. The number of hydrogen-bond donors (Lipinski definition) is 3. The fraction of sp³-hybridized carbons (Fsp3) is 0.476. The van der Waals surface area contributed by atoms with Crippen molar-refractivity contribution in [3.8, 4) is 17.2 Å². The van der Waals surface area contributed by atoms with Crippen LogP contribution >= 0.6 is 0 Å². The third-order valence-electron chi connectivity index (χ3n) is 11.0. The summed E-state index contributed by atoms with van der Waals surface area (Å²) in [5, 5.41) is 9.17. The fourth-order valence-corrected chi connectivity index (χ4v) is 8.17. The molecule has 5 atom stereocenters. The Labute approximate surface area is 317 Å². The van der Waals surface area contributed by atoms with Crippen LogP contribution < -0.4 is 30.2 Å². The van der Waals surface area contributed by atoms with Crippen molar-refractivity contribution < 1.29 is 33.4 Å². The normalized spacial score (nSPS) is 20.7. The zero-order valence-electron chi connectivity index (χ0n) is 31.9. The van der Waals surface area contributed by atoms with Gasteiger partial charge in [0.2, 0.25) is 17.7 Å². The molecule has 3 aromatic carbocycles. The quantitative estimate of drug-likeness (QED) is 0.220. The van der Waals surface area contributed by atoms with E-state index in [1.807, 2.05) is 50.2 Å². The van der Waals surface area contributed by atoms with Crippen molar-refractivity contribution in [1.82, 2.24) is 20.4 Å². The van der Waals surface area contributed by atoms with E-state index in [1.54, 1.807) is 49.3 Å². The van der Waals surface area contributed by atoms with Gasteiger partial charge in [-0.3, -0.25) is 19.2 Å². The van der Waals surface area contributed by atoms with Crippen molar-refractivity contribution >= 4 is 29.3 Å². The summed E-state index contributed by atoms with van der Waals surface area (Å²) in [5.41, 5.74) is 3.64. The van der Waals surface area contributed by atoms with E-state index in [1.165, 1.54) is 0 Å². The number of rotatable bonds is 14. The Bertz CT molecular complexity index is 1820. The number of carbonyl (C=O) groups is 4. The summed E-state index contributed by atoms with van der Waals surface area (Å²) in [6, 6.07) is 20.3. The van der Waals surface area contributed by atoms with Gasteiger partial charge in [0.25, 0.3) is 5.91 Å². The molecule has 3 heterocycles. The Morgan fingerprint density at radius 1 is 0.889 bits per heavy atom. The van der Waals surface area contributed by atoms with Crippen LogP contribution in [0.25, 0.3) is 0 Å². The average molecular weight is 740 g/mol. The number of aryl methyl sites for hydroxylation is 1. The van der Waals surface area contributed by atoms with E-state index < -0.39 is 12.0 Å². The predicted molar refractivity (Wildman–Crippen MR) is 206 cm³/mol. The Hall–Kier alpha value is -5.26. The van der Waals surface area contributed by atoms with Crippen LogP contribution in [0.15, 0.2) is 66.7 Å². The van der Waals surface area contributed by atoms with Gasteiger partial charge in [-0.15, -0.1) is 0 Å². The first-order valence-electron chi connectivity index (χ1n) is 19.0. The number of hydrogen-bond acceptors (Lipinski definition) is 8. The fourth-order valence-electron chi connectivity index (χ4n) is 8.17. The summed E-state index contributed by atoms with van der Waals surface area (Å²) >= 11 is 0. The molecule has 0 radical (unpaired) electrons. The van der Waals surface area contributed by atoms with Crippen LogP contribution in [-0.2, 0) is 20.8 Å². The number of amides is 4. The first-order chi connectivity index (χ1) is 26.1. The van der Waals surface area contributed by atoms with E-state index in [9.17, 15) is 19.2 Å². The van der Waals surface area contributed by atoms with Crippen LogP contribution in [0.4, 0.5) is 5.69 Å². The van der Waals surface area contributed by atoms with Gasteiger partial charge in [-0.2, -0.15) is 0 Å². The molecule has 4 amide bonds. The maximum absolute atomic E-state index is 14.3. The molecule has 3 aromatic rings. The number of nitrogens with zero attached hydrogens (tertiary/aromatic N) is 2. The van der Waals surface area contributed by atoms with E-state index in [-0.39, 0.29) is 60.5 Å². The van der Waals surface area contributed by atoms with Gasteiger partial charge in [0.05, 0.1) is 26.2 Å². The molecular weight excluding hydrogens is 686 g/mol. The molecule has 4 unspecified atom stereocenters. The van der Waals surface area contributed by atoms with Crippen LogP contribution in [-0.4, -0.2) is 99.6 Å². The van der Waals surface area contributed by atoms with Gasteiger partial charge in [-0.25, -0.2) is 0 Å². The molecule has 0 aliphatic carbocycles. The number of anilines is 1. The first-order valence-corrected chi connectivity index (χ1v) is 19.0. The molecule has 12 heteroatoms. The van der Waals surface area contributed by atoms with Gasteiger partial charge >= 0.3 is 0 Å². The van der Waals surface area contributed by atoms with Gasteiger partial charge in [-0.1, -0.05) is 30.3 Å².